The predicted octanol–water partition coefficient (Wildman–Crippen LogP) is 6.78. The van der Waals surface area contributed by atoms with Gasteiger partial charge in [-0.05, 0) is 32.1 Å². The SMILES string of the molecule is CCC=CCC=CCCCCCCCCCCCCC=O. The lowest BCUT2D eigenvalue weighted by Gasteiger charge is -2.01. The van der Waals surface area contributed by atoms with Gasteiger partial charge in [0.15, 0.2) is 0 Å². The van der Waals surface area contributed by atoms with Crippen LogP contribution in [0.3, 0.4) is 0 Å². The number of rotatable bonds is 16. The molecule has 0 unspecified atom stereocenters. The van der Waals surface area contributed by atoms with E-state index >= 15 is 0 Å². The van der Waals surface area contributed by atoms with E-state index < -0.39 is 0 Å². The average Bonchev–Trinajstić information content (AvgIpc) is 2.50. The fourth-order valence-corrected chi connectivity index (χ4v) is 2.46. The van der Waals surface area contributed by atoms with E-state index in [1.807, 2.05) is 0 Å². The lowest BCUT2D eigenvalue weighted by atomic mass is 10.1. The lowest BCUT2D eigenvalue weighted by molar-refractivity contribution is -0.107. The number of aldehydes is 1. The molecule has 0 spiro atoms. The van der Waals surface area contributed by atoms with Crippen molar-refractivity contribution in [1.82, 2.24) is 0 Å². The Morgan fingerprint density at radius 1 is 0.571 bits per heavy atom. The van der Waals surface area contributed by atoms with E-state index in [4.69, 9.17) is 0 Å². The Balaban J connectivity index is 3.05. The first-order valence-electron chi connectivity index (χ1n) is 9.15. The molecule has 1 nitrogen and oxygen atoms in total. The van der Waals surface area contributed by atoms with E-state index in [-0.39, 0.29) is 0 Å². The first-order chi connectivity index (χ1) is 10.4. The van der Waals surface area contributed by atoms with E-state index in [0.29, 0.717) is 0 Å². The molecule has 0 amide bonds. The maximum absolute atomic E-state index is 10.2. The normalized spacial score (nSPS) is 11.7. The minimum atomic E-state index is 0.753. The zero-order valence-electron chi connectivity index (χ0n) is 14.2. The predicted molar refractivity (Wildman–Crippen MR) is 94.7 cm³/mol. The molecular weight excluding hydrogens is 256 g/mol. The van der Waals surface area contributed by atoms with Crippen molar-refractivity contribution in [3.63, 3.8) is 0 Å². The van der Waals surface area contributed by atoms with Crippen LogP contribution in [-0.2, 0) is 4.79 Å². The molecule has 0 heterocycles. The molecule has 0 saturated heterocycles. The molecule has 0 radical (unpaired) electrons. The summed E-state index contributed by atoms with van der Waals surface area (Å²) in [4.78, 5) is 10.2. The van der Waals surface area contributed by atoms with Gasteiger partial charge in [-0.15, -0.1) is 0 Å². The Labute approximate surface area is 132 Å². The smallest absolute Gasteiger partial charge is 0.119 e. The van der Waals surface area contributed by atoms with E-state index in [0.717, 1.165) is 32.0 Å². The fourth-order valence-electron chi connectivity index (χ4n) is 2.46. The minimum Gasteiger partial charge on any atom is -0.303 e. The number of hydrogen-bond acceptors (Lipinski definition) is 1. The van der Waals surface area contributed by atoms with Crippen molar-refractivity contribution in [3.8, 4) is 0 Å². The van der Waals surface area contributed by atoms with Gasteiger partial charge in [-0.2, -0.15) is 0 Å². The van der Waals surface area contributed by atoms with Gasteiger partial charge in [0.2, 0.25) is 0 Å². The van der Waals surface area contributed by atoms with Crippen LogP contribution in [0.15, 0.2) is 24.3 Å². The van der Waals surface area contributed by atoms with Gasteiger partial charge >= 0.3 is 0 Å². The molecule has 0 aromatic rings. The van der Waals surface area contributed by atoms with Crippen LogP contribution < -0.4 is 0 Å². The molecule has 1 heteroatoms. The van der Waals surface area contributed by atoms with Crippen LogP contribution >= 0.6 is 0 Å². The van der Waals surface area contributed by atoms with Crippen LogP contribution in [0.2, 0.25) is 0 Å². The quantitative estimate of drug-likeness (QED) is 0.174. The third-order valence-electron chi connectivity index (χ3n) is 3.78. The van der Waals surface area contributed by atoms with Crippen molar-refractivity contribution in [1.29, 1.82) is 0 Å². The molecule has 122 valence electrons. The van der Waals surface area contributed by atoms with Crippen LogP contribution in [0.25, 0.3) is 0 Å². The molecule has 21 heavy (non-hydrogen) atoms. The number of hydrogen-bond donors (Lipinski definition) is 0. The third-order valence-corrected chi connectivity index (χ3v) is 3.78. The average molecular weight is 293 g/mol. The summed E-state index contributed by atoms with van der Waals surface area (Å²) < 4.78 is 0. The highest BCUT2D eigenvalue weighted by Crippen LogP contribution is 2.11. The summed E-state index contributed by atoms with van der Waals surface area (Å²) in [6.07, 6.45) is 27.7. The van der Waals surface area contributed by atoms with Crippen LogP contribution in [0.5, 0.6) is 0 Å². The monoisotopic (exact) mass is 292 g/mol. The Morgan fingerprint density at radius 3 is 1.57 bits per heavy atom. The molecule has 0 atom stereocenters. The Hall–Kier alpha value is -0.850. The summed E-state index contributed by atoms with van der Waals surface area (Å²) in [7, 11) is 0. The van der Waals surface area contributed by atoms with Gasteiger partial charge in [-0.3, -0.25) is 0 Å². The summed E-state index contributed by atoms with van der Waals surface area (Å²) in [5.41, 5.74) is 0. The van der Waals surface area contributed by atoms with E-state index in [9.17, 15) is 4.79 Å². The molecule has 0 aliphatic rings. The van der Waals surface area contributed by atoms with E-state index in [2.05, 4.69) is 31.2 Å². The topological polar surface area (TPSA) is 17.1 Å². The number of carbonyl (C=O) groups is 1. The largest absolute Gasteiger partial charge is 0.303 e. The zero-order valence-corrected chi connectivity index (χ0v) is 14.2. The Kier molecular flexibility index (Phi) is 18.4. The second-order valence-electron chi connectivity index (χ2n) is 5.87. The van der Waals surface area contributed by atoms with Crippen molar-refractivity contribution in [3.05, 3.63) is 24.3 Å². The first-order valence-corrected chi connectivity index (χ1v) is 9.15. The summed E-state index contributed by atoms with van der Waals surface area (Å²) in [6.45, 7) is 2.17. The van der Waals surface area contributed by atoms with Crippen molar-refractivity contribution in [2.24, 2.45) is 0 Å². The van der Waals surface area contributed by atoms with Crippen molar-refractivity contribution >= 4 is 6.29 Å². The van der Waals surface area contributed by atoms with Crippen molar-refractivity contribution in [2.45, 2.75) is 96.8 Å². The molecule has 0 bridgehead atoms. The van der Waals surface area contributed by atoms with Crippen molar-refractivity contribution < 1.29 is 4.79 Å². The third kappa shape index (κ3) is 19.1. The second-order valence-corrected chi connectivity index (χ2v) is 5.87. The minimum absolute atomic E-state index is 0.753. The van der Waals surface area contributed by atoms with E-state index in [1.165, 1.54) is 64.2 Å². The van der Waals surface area contributed by atoms with Gasteiger partial charge in [0, 0.05) is 6.42 Å². The second kappa shape index (κ2) is 19.1. The van der Waals surface area contributed by atoms with Gasteiger partial charge in [0.05, 0.1) is 0 Å². The summed E-state index contributed by atoms with van der Waals surface area (Å²) >= 11 is 0. The first kappa shape index (κ1) is 20.1. The zero-order chi connectivity index (χ0) is 15.4. The van der Waals surface area contributed by atoms with Crippen LogP contribution in [0.4, 0.5) is 0 Å². The molecular formula is C20H36O. The number of unbranched alkanes of at least 4 members (excludes halogenated alkanes) is 11. The summed E-state index contributed by atoms with van der Waals surface area (Å²) in [5.74, 6) is 0. The van der Waals surface area contributed by atoms with Crippen LogP contribution in [0.1, 0.15) is 96.8 Å². The van der Waals surface area contributed by atoms with Gasteiger partial charge < -0.3 is 4.79 Å². The molecule has 0 aromatic heterocycles. The standard InChI is InChI=1S/C20H36O/c1-2-3-4-5-6-7-8-9-10-11-12-13-14-15-16-17-18-19-20-21/h3-4,6-7,20H,2,5,8-19H2,1H3. The van der Waals surface area contributed by atoms with Crippen LogP contribution in [-0.4, -0.2) is 6.29 Å². The van der Waals surface area contributed by atoms with Gasteiger partial charge in [-0.1, -0.05) is 82.6 Å². The number of carbonyl (C=O) groups excluding carboxylic acids is 1. The van der Waals surface area contributed by atoms with Gasteiger partial charge in [0.1, 0.15) is 6.29 Å². The molecule has 0 fully saturated rings. The maximum Gasteiger partial charge on any atom is 0.119 e. The molecule has 0 aliphatic heterocycles. The highest BCUT2D eigenvalue weighted by molar-refractivity contribution is 5.48. The highest BCUT2D eigenvalue weighted by Gasteiger charge is 1.92. The van der Waals surface area contributed by atoms with Crippen LogP contribution in [0, 0.1) is 0 Å². The maximum atomic E-state index is 10.2. The molecule has 0 aliphatic carbocycles. The lowest BCUT2D eigenvalue weighted by Crippen LogP contribution is -1.82. The molecule has 0 rings (SSSR count). The van der Waals surface area contributed by atoms with Gasteiger partial charge in [-0.25, -0.2) is 0 Å². The molecule has 0 saturated carbocycles. The highest BCUT2D eigenvalue weighted by atomic mass is 16.1. The summed E-state index contributed by atoms with van der Waals surface area (Å²) in [5, 5.41) is 0. The summed E-state index contributed by atoms with van der Waals surface area (Å²) in [6, 6.07) is 0. The Morgan fingerprint density at radius 2 is 1.05 bits per heavy atom. The number of allylic oxidation sites excluding steroid dienone is 4. The van der Waals surface area contributed by atoms with Crippen molar-refractivity contribution in [2.75, 3.05) is 0 Å². The Bertz CT molecular complexity index is 253. The van der Waals surface area contributed by atoms with E-state index in [1.54, 1.807) is 0 Å². The molecule has 0 N–H and O–H groups in total. The fraction of sp³-hybridized carbons (Fsp3) is 0.750. The van der Waals surface area contributed by atoms with Gasteiger partial charge in [0.25, 0.3) is 0 Å². The molecule has 0 aromatic carbocycles.